The van der Waals surface area contributed by atoms with Crippen LogP contribution < -0.4 is 5.32 Å². The Balaban J connectivity index is 3.93. The Morgan fingerprint density at radius 1 is 1.31 bits per heavy atom. The Morgan fingerprint density at radius 3 is 2.25 bits per heavy atom. The molecule has 5 heteroatoms. The van der Waals surface area contributed by atoms with Gasteiger partial charge in [0.25, 0.3) is 0 Å². The number of carboxylic acids is 1. The molecule has 0 aromatic rings. The highest BCUT2D eigenvalue weighted by atomic mass is 32.2. The Bertz CT molecular complexity index is 243. The van der Waals surface area contributed by atoms with Crippen LogP contribution in [0, 0.1) is 5.92 Å². The average molecular weight is 247 g/mol. The van der Waals surface area contributed by atoms with E-state index in [1.807, 2.05) is 20.8 Å². The van der Waals surface area contributed by atoms with Gasteiger partial charge in [0.15, 0.2) is 0 Å². The molecule has 0 fully saturated rings. The molecule has 0 saturated heterocycles. The third kappa shape index (κ3) is 6.00. The number of thioether (sulfide) groups is 1. The van der Waals surface area contributed by atoms with Gasteiger partial charge in [-0.1, -0.05) is 20.8 Å². The minimum absolute atomic E-state index is 0.0918. The van der Waals surface area contributed by atoms with Gasteiger partial charge >= 0.3 is 5.97 Å². The molecule has 0 saturated carbocycles. The zero-order valence-electron chi connectivity index (χ0n) is 10.3. The number of hydrogen-bond acceptors (Lipinski definition) is 3. The maximum Gasteiger partial charge on any atom is 0.316 e. The molecule has 2 atom stereocenters. The van der Waals surface area contributed by atoms with Gasteiger partial charge in [-0.05, 0) is 19.3 Å². The summed E-state index contributed by atoms with van der Waals surface area (Å²) in [5.74, 6) is -0.347. The number of carbonyl (C=O) groups excluding carboxylic acids is 1. The van der Waals surface area contributed by atoms with Gasteiger partial charge in [-0.2, -0.15) is 0 Å². The summed E-state index contributed by atoms with van der Waals surface area (Å²) in [5, 5.41) is 11.2. The molecule has 94 valence electrons. The van der Waals surface area contributed by atoms with Crippen LogP contribution >= 0.6 is 11.8 Å². The average Bonchev–Trinajstić information content (AvgIpc) is 2.17. The molecule has 0 aromatic heterocycles. The largest absolute Gasteiger partial charge is 0.480 e. The second-order valence-electron chi connectivity index (χ2n) is 4.15. The second-order valence-corrected chi connectivity index (χ2v) is 5.34. The maximum atomic E-state index is 11.5. The van der Waals surface area contributed by atoms with Gasteiger partial charge in [0.1, 0.15) is 5.25 Å². The highest BCUT2D eigenvalue weighted by Crippen LogP contribution is 2.14. The first kappa shape index (κ1) is 15.3. The molecule has 0 aliphatic heterocycles. The van der Waals surface area contributed by atoms with Crippen molar-refractivity contribution >= 4 is 23.6 Å². The van der Waals surface area contributed by atoms with Crippen molar-refractivity contribution in [2.24, 2.45) is 5.92 Å². The van der Waals surface area contributed by atoms with Crippen molar-refractivity contribution in [3.8, 4) is 0 Å². The first-order chi connectivity index (χ1) is 7.38. The van der Waals surface area contributed by atoms with E-state index in [1.54, 1.807) is 6.92 Å². The zero-order chi connectivity index (χ0) is 12.7. The van der Waals surface area contributed by atoms with Crippen LogP contribution in [0.25, 0.3) is 0 Å². The Kier molecular flexibility index (Phi) is 7.21. The lowest BCUT2D eigenvalue weighted by Crippen LogP contribution is -2.37. The first-order valence-electron chi connectivity index (χ1n) is 5.52. The minimum Gasteiger partial charge on any atom is -0.480 e. The first-order valence-corrected chi connectivity index (χ1v) is 6.57. The van der Waals surface area contributed by atoms with Crippen LogP contribution in [0.4, 0.5) is 0 Å². The molecule has 0 bridgehead atoms. The van der Waals surface area contributed by atoms with Crippen molar-refractivity contribution < 1.29 is 14.7 Å². The zero-order valence-corrected chi connectivity index (χ0v) is 11.1. The van der Waals surface area contributed by atoms with E-state index in [4.69, 9.17) is 5.11 Å². The lowest BCUT2D eigenvalue weighted by molar-refractivity contribution is -0.136. The number of nitrogens with one attached hydrogen (secondary N) is 1. The van der Waals surface area contributed by atoms with E-state index in [0.717, 1.165) is 0 Å². The van der Waals surface area contributed by atoms with Crippen molar-refractivity contribution in [3.05, 3.63) is 0 Å². The van der Waals surface area contributed by atoms with E-state index in [-0.39, 0.29) is 17.7 Å². The normalized spacial score (nSPS) is 14.6. The maximum absolute atomic E-state index is 11.5. The van der Waals surface area contributed by atoms with Crippen LogP contribution in [0.1, 0.15) is 34.1 Å². The molecule has 0 rings (SSSR count). The SMILES string of the molecule is CCC(SCC(=O)NC(C)C(C)C)C(=O)O. The number of rotatable bonds is 7. The summed E-state index contributed by atoms with van der Waals surface area (Å²) in [4.78, 5) is 22.2. The van der Waals surface area contributed by atoms with E-state index < -0.39 is 11.2 Å². The van der Waals surface area contributed by atoms with Crippen molar-refractivity contribution in [1.29, 1.82) is 0 Å². The highest BCUT2D eigenvalue weighted by Gasteiger charge is 2.18. The Morgan fingerprint density at radius 2 is 1.88 bits per heavy atom. The molecule has 0 radical (unpaired) electrons. The molecular formula is C11H21NO3S. The molecular weight excluding hydrogens is 226 g/mol. The molecule has 1 amide bonds. The van der Waals surface area contributed by atoms with Gasteiger partial charge in [0.2, 0.25) is 5.91 Å². The number of carboxylic acid groups (broad SMARTS) is 1. The number of hydrogen-bond donors (Lipinski definition) is 2. The molecule has 4 nitrogen and oxygen atoms in total. The van der Waals surface area contributed by atoms with E-state index in [1.165, 1.54) is 11.8 Å². The fourth-order valence-corrected chi connectivity index (χ4v) is 1.82. The van der Waals surface area contributed by atoms with Crippen LogP contribution in [0.2, 0.25) is 0 Å². The van der Waals surface area contributed by atoms with Crippen LogP contribution in [0.3, 0.4) is 0 Å². The number of aliphatic carboxylic acids is 1. The summed E-state index contributed by atoms with van der Waals surface area (Å²) >= 11 is 1.18. The van der Waals surface area contributed by atoms with Crippen molar-refractivity contribution in [3.63, 3.8) is 0 Å². The van der Waals surface area contributed by atoms with Crippen LogP contribution in [0.15, 0.2) is 0 Å². The van der Waals surface area contributed by atoms with Crippen LogP contribution in [0.5, 0.6) is 0 Å². The third-order valence-electron chi connectivity index (χ3n) is 2.45. The summed E-state index contributed by atoms with van der Waals surface area (Å²) in [6.45, 7) is 7.82. The summed E-state index contributed by atoms with van der Waals surface area (Å²) < 4.78 is 0. The molecule has 2 unspecified atom stereocenters. The fourth-order valence-electron chi connectivity index (χ4n) is 1.00. The van der Waals surface area contributed by atoms with E-state index >= 15 is 0 Å². The van der Waals surface area contributed by atoms with Gasteiger partial charge in [-0.25, -0.2) is 0 Å². The van der Waals surface area contributed by atoms with Crippen molar-refractivity contribution in [1.82, 2.24) is 5.32 Å². The number of carbonyl (C=O) groups is 2. The van der Waals surface area contributed by atoms with Crippen LogP contribution in [-0.4, -0.2) is 34.0 Å². The van der Waals surface area contributed by atoms with E-state index in [9.17, 15) is 9.59 Å². The minimum atomic E-state index is -0.850. The molecule has 0 aliphatic carbocycles. The number of amides is 1. The van der Waals surface area contributed by atoms with E-state index in [2.05, 4.69) is 5.32 Å². The molecule has 2 N–H and O–H groups in total. The van der Waals surface area contributed by atoms with Gasteiger partial charge in [-0.15, -0.1) is 11.8 Å². The molecule has 0 spiro atoms. The topological polar surface area (TPSA) is 66.4 Å². The van der Waals surface area contributed by atoms with Gasteiger partial charge in [0.05, 0.1) is 5.75 Å². The summed E-state index contributed by atoms with van der Waals surface area (Å²) in [6, 6.07) is 0.123. The monoisotopic (exact) mass is 247 g/mol. The van der Waals surface area contributed by atoms with Gasteiger partial charge in [-0.3, -0.25) is 9.59 Å². The van der Waals surface area contributed by atoms with Crippen LogP contribution in [-0.2, 0) is 9.59 Å². The molecule has 0 aliphatic rings. The standard InChI is InChI=1S/C11H21NO3S/c1-5-9(11(14)15)16-6-10(13)12-8(4)7(2)3/h7-9H,5-6H2,1-4H3,(H,12,13)(H,14,15). The second kappa shape index (κ2) is 7.54. The Labute approximate surface area is 101 Å². The predicted molar refractivity (Wildman–Crippen MR) is 66.6 cm³/mol. The lowest BCUT2D eigenvalue weighted by Gasteiger charge is -2.17. The fraction of sp³-hybridized carbons (Fsp3) is 0.818. The van der Waals surface area contributed by atoms with Crippen molar-refractivity contribution in [2.75, 3.05) is 5.75 Å². The summed E-state index contributed by atoms with van der Waals surface area (Å²) in [7, 11) is 0. The molecule has 0 heterocycles. The molecule has 16 heavy (non-hydrogen) atoms. The van der Waals surface area contributed by atoms with Gasteiger partial charge in [0, 0.05) is 6.04 Å². The lowest BCUT2D eigenvalue weighted by atomic mass is 10.1. The molecule has 0 aromatic carbocycles. The predicted octanol–water partition coefficient (Wildman–Crippen LogP) is 1.74. The summed E-state index contributed by atoms with van der Waals surface area (Å²) in [6.07, 6.45) is 0.535. The smallest absolute Gasteiger partial charge is 0.316 e. The van der Waals surface area contributed by atoms with E-state index in [0.29, 0.717) is 12.3 Å². The summed E-state index contributed by atoms with van der Waals surface area (Å²) in [5.41, 5.74) is 0. The third-order valence-corrected chi connectivity index (χ3v) is 3.82. The Hall–Kier alpha value is -0.710. The highest BCUT2D eigenvalue weighted by molar-refractivity contribution is 8.01. The quantitative estimate of drug-likeness (QED) is 0.719. The van der Waals surface area contributed by atoms with Crippen molar-refractivity contribution in [2.45, 2.75) is 45.4 Å². The van der Waals surface area contributed by atoms with Gasteiger partial charge < -0.3 is 10.4 Å².